The van der Waals surface area contributed by atoms with Crippen molar-refractivity contribution in [3.63, 3.8) is 0 Å². The van der Waals surface area contributed by atoms with Crippen molar-refractivity contribution in [1.82, 2.24) is 0 Å². The van der Waals surface area contributed by atoms with Crippen molar-refractivity contribution in [2.75, 3.05) is 6.16 Å². The van der Waals surface area contributed by atoms with Gasteiger partial charge in [-0.05, 0) is 6.16 Å². The topological polar surface area (TPSA) is 131 Å². The highest BCUT2D eigenvalue weighted by molar-refractivity contribution is 7.48. The number of hydrogen-bond acceptors (Lipinski definition) is 5. The van der Waals surface area contributed by atoms with Gasteiger partial charge in [0.25, 0.3) is 0 Å². The fraction of sp³-hybridized carbons (Fsp3) is 0.750. The van der Waals surface area contributed by atoms with Crippen LogP contribution in [0.3, 0.4) is 0 Å². The zero-order chi connectivity index (χ0) is 9.07. The van der Waals surface area contributed by atoms with Gasteiger partial charge in [0, 0.05) is 6.42 Å². The molecule has 1 atom stereocenters. The summed E-state index contributed by atoms with van der Waals surface area (Å²) < 4.78 is 9.99. The number of carboxylic acids is 1. The summed E-state index contributed by atoms with van der Waals surface area (Å²) in [7, 11) is -4.59. The molecule has 0 saturated carbocycles. The van der Waals surface area contributed by atoms with Crippen molar-refractivity contribution in [2.24, 2.45) is 0 Å². The summed E-state index contributed by atoms with van der Waals surface area (Å²) in [4.78, 5) is 29.9. The molecule has 0 bridgehead atoms. The van der Waals surface area contributed by atoms with Crippen molar-refractivity contribution in [3.8, 4) is 0 Å². The van der Waals surface area contributed by atoms with Crippen LogP contribution in [-0.2, 0) is 9.36 Å². The van der Waals surface area contributed by atoms with Gasteiger partial charge < -0.3 is 30.0 Å². The van der Waals surface area contributed by atoms with Crippen LogP contribution in [0.25, 0.3) is 0 Å². The van der Waals surface area contributed by atoms with E-state index in [4.69, 9.17) is 0 Å². The van der Waals surface area contributed by atoms with E-state index in [9.17, 15) is 24.3 Å². The van der Waals surface area contributed by atoms with Gasteiger partial charge in [-0.2, -0.15) is 0 Å². The summed E-state index contributed by atoms with van der Waals surface area (Å²) in [6, 6.07) is -1.13. The second kappa shape index (κ2) is 3.82. The lowest BCUT2D eigenvalue weighted by molar-refractivity contribution is -0.438. The second-order valence-corrected chi connectivity index (χ2v) is 3.81. The fourth-order valence-electron chi connectivity index (χ4n) is 0.432. The molecule has 3 N–H and O–H groups in total. The number of rotatable bonds is 4. The minimum atomic E-state index is -4.59. The van der Waals surface area contributed by atoms with Crippen LogP contribution in [0.4, 0.5) is 0 Å². The maximum absolute atomic E-state index is 9.99. The molecule has 6 nitrogen and oxygen atoms in total. The minimum Gasteiger partial charge on any atom is -0.811 e. The predicted octanol–water partition coefficient (Wildman–Crippen LogP) is -4.35. The van der Waals surface area contributed by atoms with E-state index in [1.165, 1.54) is 0 Å². The number of aliphatic carboxylic acids is 1. The zero-order valence-electron chi connectivity index (χ0n) is 5.69. The van der Waals surface area contributed by atoms with Crippen molar-refractivity contribution in [1.29, 1.82) is 0 Å². The predicted molar refractivity (Wildman–Crippen MR) is 28.8 cm³/mol. The van der Waals surface area contributed by atoms with Crippen molar-refractivity contribution >= 4 is 13.6 Å². The van der Waals surface area contributed by atoms with Gasteiger partial charge in [-0.25, -0.2) is 0 Å². The molecule has 0 aromatic rings. The van der Waals surface area contributed by atoms with E-state index >= 15 is 0 Å². The smallest absolute Gasteiger partial charge is 0.125 e. The SMILES string of the molecule is [NH3+][C@@H](CCP(=O)([O-])[O-])C(=O)[O-]. The van der Waals surface area contributed by atoms with Crippen LogP contribution in [0.15, 0.2) is 0 Å². The summed E-state index contributed by atoms with van der Waals surface area (Å²) in [5, 5.41) is 9.95. The van der Waals surface area contributed by atoms with Crippen LogP contribution in [-0.4, -0.2) is 18.2 Å². The molecule has 0 saturated heterocycles. The molecule has 0 aliphatic heterocycles. The summed E-state index contributed by atoms with van der Waals surface area (Å²) in [5.74, 6) is -1.45. The van der Waals surface area contributed by atoms with Crippen molar-refractivity contribution in [2.45, 2.75) is 12.5 Å². The van der Waals surface area contributed by atoms with Gasteiger partial charge in [-0.1, -0.05) is 7.60 Å². The third-order valence-corrected chi connectivity index (χ3v) is 1.89. The third-order valence-electron chi connectivity index (χ3n) is 1.08. The normalized spacial score (nSPS) is 14.5. The quantitative estimate of drug-likeness (QED) is 0.438. The lowest BCUT2D eigenvalue weighted by Crippen LogP contribution is -2.68. The molecule has 0 spiro atoms. The van der Waals surface area contributed by atoms with E-state index in [-0.39, 0.29) is 6.42 Å². The van der Waals surface area contributed by atoms with E-state index < -0.39 is 25.8 Å². The average molecular weight is 181 g/mol. The van der Waals surface area contributed by atoms with Gasteiger partial charge in [0.2, 0.25) is 0 Å². The molecule has 0 aromatic heterocycles. The van der Waals surface area contributed by atoms with Crippen LogP contribution >= 0.6 is 7.60 Å². The van der Waals surface area contributed by atoms with E-state index in [1.807, 2.05) is 0 Å². The fourth-order valence-corrected chi connectivity index (χ4v) is 1.06. The highest BCUT2D eigenvalue weighted by Gasteiger charge is 2.06. The molecule has 0 aliphatic carbocycles. The Balaban J connectivity index is 3.72. The third kappa shape index (κ3) is 6.00. The minimum absolute atomic E-state index is 0.285. The van der Waals surface area contributed by atoms with E-state index in [0.29, 0.717) is 0 Å². The van der Waals surface area contributed by atoms with Gasteiger partial charge in [-0.15, -0.1) is 0 Å². The Morgan fingerprint density at radius 2 is 2.00 bits per heavy atom. The molecule has 0 rings (SSSR count). The molecule has 66 valence electrons. The Morgan fingerprint density at radius 3 is 2.27 bits per heavy atom. The Morgan fingerprint density at radius 1 is 1.55 bits per heavy atom. The van der Waals surface area contributed by atoms with Gasteiger partial charge in [0.15, 0.2) is 0 Å². The molecule has 11 heavy (non-hydrogen) atoms. The molecule has 0 radical (unpaired) electrons. The van der Waals surface area contributed by atoms with Crippen LogP contribution in [0.1, 0.15) is 6.42 Å². The van der Waals surface area contributed by atoms with Gasteiger partial charge in [0.1, 0.15) is 6.04 Å². The van der Waals surface area contributed by atoms with Crippen LogP contribution in [0.2, 0.25) is 0 Å². The monoisotopic (exact) mass is 181 g/mol. The van der Waals surface area contributed by atoms with Crippen LogP contribution in [0.5, 0.6) is 0 Å². The Bertz CT molecular complexity index is 187. The molecule has 0 fully saturated rings. The number of quaternary nitrogens is 1. The standard InChI is InChI=1S/C4H10NO5P/c5-3(4(6)7)1-2-11(8,9)10/h3H,1-2,5H2,(H,6,7)(H2,8,9,10)/p-2/t3-/m0/s1. The van der Waals surface area contributed by atoms with E-state index in [2.05, 4.69) is 5.73 Å². The first kappa shape index (κ1) is 10.6. The Labute approximate surface area is 63.2 Å². The Hall–Kier alpha value is -0.420. The number of carboxylic acid groups (broad SMARTS) is 1. The highest BCUT2D eigenvalue weighted by Crippen LogP contribution is 2.23. The summed E-state index contributed by atoms with van der Waals surface area (Å²) >= 11 is 0. The van der Waals surface area contributed by atoms with Crippen LogP contribution < -0.4 is 20.6 Å². The highest BCUT2D eigenvalue weighted by atomic mass is 31.2. The van der Waals surface area contributed by atoms with Gasteiger partial charge in [0.05, 0.1) is 5.97 Å². The molecule has 7 heteroatoms. The summed E-state index contributed by atoms with van der Waals surface area (Å²) in [6.07, 6.45) is -0.970. The summed E-state index contributed by atoms with van der Waals surface area (Å²) in [6.45, 7) is 0. The molecule has 0 heterocycles. The summed E-state index contributed by atoms with van der Waals surface area (Å²) in [5.41, 5.74) is 3.08. The largest absolute Gasteiger partial charge is 0.811 e. The first-order valence-electron chi connectivity index (χ1n) is 2.88. The average Bonchev–Trinajstić information content (AvgIpc) is 1.80. The van der Waals surface area contributed by atoms with E-state index in [0.717, 1.165) is 0 Å². The molecule has 0 amide bonds. The van der Waals surface area contributed by atoms with Crippen LogP contribution in [0, 0.1) is 0 Å². The number of carbonyl (C=O) groups is 1. The number of hydrogen-bond donors (Lipinski definition) is 1. The lowest BCUT2D eigenvalue weighted by atomic mass is 10.2. The first-order valence-corrected chi connectivity index (χ1v) is 4.61. The maximum atomic E-state index is 9.99. The second-order valence-electron chi connectivity index (χ2n) is 2.14. The number of carbonyl (C=O) groups excluding carboxylic acids is 1. The van der Waals surface area contributed by atoms with Gasteiger partial charge >= 0.3 is 0 Å². The molecule has 0 aliphatic rings. The molecule has 0 unspecified atom stereocenters. The maximum Gasteiger partial charge on any atom is 0.125 e. The molecular formula is C4H8NO5P-2. The molecule has 0 aromatic carbocycles. The van der Waals surface area contributed by atoms with Crippen molar-refractivity contribution in [3.05, 3.63) is 0 Å². The zero-order valence-corrected chi connectivity index (χ0v) is 6.58. The Kier molecular flexibility index (Phi) is 3.68. The van der Waals surface area contributed by atoms with Gasteiger partial charge in [-0.3, -0.25) is 0 Å². The molecular weight excluding hydrogens is 173 g/mol. The van der Waals surface area contributed by atoms with Crippen molar-refractivity contribution < 1.29 is 30.0 Å². The lowest BCUT2D eigenvalue weighted by Gasteiger charge is -2.29. The van der Waals surface area contributed by atoms with E-state index in [1.54, 1.807) is 0 Å². The first-order chi connectivity index (χ1) is 4.83.